The molecule has 0 aliphatic heterocycles. The number of hydrogen-bond acceptors (Lipinski definition) is 3. The Morgan fingerprint density at radius 1 is 0.957 bits per heavy atom. The number of aryl methyl sites for hydroxylation is 1. The molecule has 0 bridgehead atoms. The van der Waals surface area contributed by atoms with Crippen LogP contribution in [0.15, 0.2) is 71.8 Å². The molecule has 0 saturated carbocycles. The molecule has 0 N–H and O–H groups in total. The second kappa shape index (κ2) is 5.75. The van der Waals surface area contributed by atoms with Crippen molar-refractivity contribution in [3.05, 3.63) is 78.0 Å². The SMILES string of the molecule is Cc1ccc(S(=O)(=O)n2cccc2-c2ccccc2C#N)cc1. The van der Waals surface area contributed by atoms with Gasteiger partial charge in [-0.25, -0.2) is 12.4 Å². The van der Waals surface area contributed by atoms with E-state index in [1.54, 1.807) is 60.7 Å². The lowest BCUT2D eigenvalue weighted by molar-refractivity contribution is 0.588. The Balaban J connectivity index is 2.18. The zero-order valence-corrected chi connectivity index (χ0v) is 13.3. The first kappa shape index (κ1) is 15.1. The Bertz CT molecular complexity index is 994. The van der Waals surface area contributed by atoms with E-state index in [4.69, 9.17) is 0 Å². The van der Waals surface area contributed by atoms with Crippen LogP contribution in [0.5, 0.6) is 0 Å². The van der Waals surface area contributed by atoms with Gasteiger partial charge in [0.1, 0.15) is 0 Å². The Hall–Kier alpha value is -2.84. The van der Waals surface area contributed by atoms with Crippen molar-refractivity contribution in [1.82, 2.24) is 3.97 Å². The van der Waals surface area contributed by atoms with Gasteiger partial charge >= 0.3 is 0 Å². The van der Waals surface area contributed by atoms with Crippen LogP contribution in [0, 0.1) is 18.3 Å². The Kier molecular flexibility index (Phi) is 3.77. The molecule has 0 spiro atoms. The summed E-state index contributed by atoms with van der Waals surface area (Å²) in [6, 6.07) is 19.1. The van der Waals surface area contributed by atoms with E-state index < -0.39 is 10.0 Å². The number of aromatic nitrogens is 1. The second-order valence-electron chi connectivity index (χ2n) is 5.16. The van der Waals surface area contributed by atoms with Gasteiger partial charge in [0.15, 0.2) is 0 Å². The number of hydrogen-bond donors (Lipinski definition) is 0. The van der Waals surface area contributed by atoms with Crippen LogP contribution in [0.25, 0.3) is 11.3 Å². The molecule has 4 nitrogen and oxygen atoms in total. The van der Waals surface area contributed by atoms with Crippen LogP contribution in [-0.4, -0.2) is 12.4 Å². The highest BCUT2D eigenvalue weighted by atomic mass is 32.2. The van der Waals surface area contributed by atoms with Crippen molar-refractivity contribution in [2.45, 2.75) is 11.8 Å². The largest absolute Gasteiger partial charge is 0.268 e. The first-order valence-electron chi connectivity index (χ1n) is 7.03. The number of nitriles is 1. The molecule has 114 valence electrons. The van der Waals surface area contributed by atoms with Gasteiger partial charge in [0.05, 0.1) is 22.2 Å². The average Bonchev–Trinajstić information content (AvgIpc) is 3.05. The van der Waals surface area contributed by atoms with E-state index in [-0.39, 0.29) is 4.90 Å². The number of rotatable bonds is 3. The fourth-order valence-electron chi connectivity index (χ4n) is 2.41. The van der Waals surface area contributed by atoms with Gasteiger partial charge in [-0.05, 0) is 37.3 Å². The molecule has 3 aromatic rings. The summed E-state index contributed by atoms with van der Waals surface area (Å²) >= 11 is 0. The molecule has 3 rings (SSSR count). The van der Waals surface area contributed by atoms with Crippen molar-refractivity contribution in [2.24, 2.45) is 0 Å². The molecule has 1 heterocycles. The highest BCUT2D eigenvalue weighted by Gasteiger charge is 2.20. The Morgan fingerprint density at radius 3 is 2.35 bits per heavy atom. The molecule has 23 heavy (non-hydrogen) atoms. The third-order valence-corrected chi connectivity index (χ3v) is 5.32. The minimum atomic E-state index is -3.71. The highest BCUT2D eigenvalue weighted by Crippen LogP contribution is 2.27. The molecular weight excluding hydrogens is 308 g/mol. The fourth-order valence-corrected chi connectivity index (χ4v) is 3.77. The maximum absolute atomic E-state index is 12.9. The minimum Gasteiger partial charge on any atom is -0.241 e. The van der Waals surface area contributed by atoms with Crippen LogP contribution in [-0.2, 0) is 10.0 Å². The summed E-state index contributed by atoms with van der Waals surface area (Å²) < 4.78 is 27.0. The summed E-state index contributed by atoms with van der Waals surface area (Å²) in [4.78, 5) is 0.218. The maximum Gasteiger partial charge on any atom is 0.268 e. The van der Waals surface area contributed by atoms with Gasteiger partial charge < -0.3 is 0 Å². The Morgan fingerprint density at radius 2 is 1.65 bits per heavy atom. The summed E-state index contributed by atoms with van der Waals surface area (Å²) in [7, 11) is -3.71. The lowest BCUT2D eigenvalue weighted by Crippen LogP contribution is -2.13. The van der Waals surface area contributed by atoms with Gasteiger partial charge in [-0.1, -0.05) is 35.9 Å². The number of nitrogens with zero attached hydrogens (tertiary/aromatic N) is 2. The van der Waals surface area contributed by atoms with Crippen molar-refractivity contribution in [3.8, 4) is 17.3 Å². The number of benzene rings is 2. The lowest BCUT2D eigenvalue weighted by atomic mass is 10.1. The van der Waals surface area contributed by atoms with Crippen molar-refractivity contribution in [3.63, 3.8) is 0 Å². The first-order chi connectivity index (χ1) is 11.0. The molecule has 0 amide bonds. The summed E-state index contributed by atoms with van der Waals surface area (Å²) in [6.45, 7) is 1.90. The van der Waals surface area contributed by atoms with E-state index in [2.05, 4.69) is 6.07 Å². The predicted molar refractivity (Wildman–Crippen MR) is 88.3 cm³/mol. The van der Waals surface area contributed by atoms with Gasteiger partial charge in [0, 0.05) is 11.8 Å². The van der Waals surface area contributed by atoms with E-state index in [0.717, 1.165) is 5.56 Å². The van der Waals surface area contributed by atoms with Gasteiger partial charge in [0.25, 0.3) is 10.0 Å². The van der Waals surface area contributed by atoms with Crippen molar-refractivity contribution in [1.29, 1.82) is 5.26 Å². The smallest absolute Gasteiger partial charge is 0.241 e. The monoisotopic (exact) mass is 322 g/mol. The zero-order valence-electron chi connectivity index (χ0n) is 12.5. The predicted octanol–water partition coefficient (Wildman–Crippen LogP) is 3.57. The van der Waals surface area contributed by atoms with Gasteiger partial charge in [-0.2, -0.15) is 5.26 Å². The van der Waals surface area contributed by atoms with Crippen LogP contribution in [0.2, 0.25) is 0 Å². The van der Waals surface area contributed by atoms with Crippen molar-refractivity contribution in [2.75, 3.05) is 0 Å². The van der Waals surface area contributed by atoms with Gasteiger partial charge in [-0.3, -0.25) is 0 Å². The van der Waals surface area contributed by atoms with Gasteiger partial charge in [-0.15, -0.1) is 0 Å². The van der Waals surface area contributed by atoms with E-state index in [0.29, 0.717) is 16.8 Å². The minimum absolute atomic E-state index is 0.218. The normalized spacial score (nSPS) is 11.1. The van der Waals surface area contributed by atoms with Crippen LogP contribution in [0.4, 0.5) is 0 Å². The van der Waals surface area contributed by atoms with E-state index in [9.17, 15) is 13.7 Å². The molecule has 0 radical (unpaired) electrons. The molecule has 5 heteroatoms. The molecule has 2 aromatic carbocycles. The summed E-state index contributed by atoms with van der Waals surface area (Å²) in [5, 5.41) is 9.25. The molecule has 0 aliphatic rings. The first-order valence-corrected chi connectivity index (χ1v) is 8.47. The maximum atomic E-state index is 12.9. The summed E-state index contributed by atoms with van der Waals surface area (Å²) in [5.74, 6) is 0. The van der Waals surface area contributed by atoms with E-state index >= 15 is 0 Å². The molecule has 0 saturated heterocycles. The lowest BCUT2D eigenvalue weighted by Gasteiger charge is -2.12. The third kappa shape index (κ3) is 2.65. The average molecular weight is 322 g/mol. The molecule has 0 atom stereocenters. The zero-order chi connectivity index (χ0) is 16.4. The highest BCUT2D eigenvalue weighted by molar-refractivity contribution is 7.90. The Labute approximate surface area is 135 Å². The van der Waals surface area contributed by atoms with Crippen molar-refractivity contribution < 1.29 is 8.42 Å². The van der Waals surface area contributed by atoms with Crippen LogP contribution < -0.4 is 0 Å². The second-order valence-corrected chi connectivity index (χ2v) is 6.98. The van der Waals surface area contributed by atoms with E-state index in [1.807, 2.05) is 6.92 Å². The summed E-state index contributed by atoms with van der Waals surface area (Å²) in [5.41, 5.74) is 2.50. The van der Waals surface area contributed by atoms with Crippen molar-refractivity contribution >= 4 is 10.0 Å². The molecule has 0 unspecified atom stereocenters. The van der Waals surface area contributed by atoms with Gasteiger partial charge in [0.2, 0.25) is 0 Å². The summed E-state index contributed by atoms with van der Waals surface area (Å²) in [6.07, 6.45) is 1.50. The molecule has 0 aliphatic carbocycles. The van der Waals surface area contributed by atoms with E-state index in [1.165, 1.54) is 10.2 Å². The topological polar surface area (TPSA) is 62.9 Å². The third-order valence-electron chi connectivity index (χ3n) is 3.61. The standard InChI is InChI=1S/C18H14N2O2S/c1-14-8-10-16(11-9-14)23(21,22)20-12-4-7-18(20)17-6-3-2-5-15(17)13-19/h2-12H,1H3. The molecule has 1 aromatic heterocycles. The van der Waals surface area contributed by atoms with Crippen LogP contribution in [0.1, 0.15) is 11.1 Å². The quantitative estimate of drug-likeness (QED) is 0.740. The molecular formula is C18H14N2O2S. The fraction of sp³-hybridized carbons (Fsp3) is 0.0556. The van der Waals surface area contributed by atoms with Crippen LogP contribution in [0.3, 0.4) is 0 Å². The van der Waals surface area contributed by atoms with Crippen LogP contribution >= 0.6 is 0 Å². The molecule has 0 fully saturated rings.